The minimum atomic E-state index is -4.40. The van der Waals surface area contributed by atoms with Crippen molar-refractivity contribution in [1.29, 1.82) is 0 Å². The number of alkyl halides is 3. The largest absolute Gasteiger partial charge is 0.416 e. The zero-order chi connectivity index (χ0) is 19.9. The lowest BCUT2D eigenvalue weighted by molar-refractivity contribution is -0.137. The summed E-state index contributed by atoms with van der Waals surface area (Å²) in [6.07, 6.45) is -0.644. The van der Waals surface area contributed by atoms with E-state index >= 15 is 0 Å². The van der Waals surface area contributed by atoms with Gasteiger partial charge in [-0.05, 0) is 35.2 Å². The van der Waals surface area contributed by atoms with Crippen molar-refractivity contribution in [2.45, 2.75) is 18.6 Å². The average molecular weight is 385 g/mol. The van der Waals surface area contributed by atoms with Crippen LogP contribution in [0.15, 0.2) is 61.1 Å². The lowest BCUT2D eigenvalue weighted by atomic mass is 9.87. The molecule has 144 valence electrons. The molecule has 1 aromatic heterocycles. The smallest absolute Gasteiger partial charge is 0.330 e. The van der Waals surface area contributed by atoms with Crippen LogP contribution in [0.4, 0.5) is 13.2 Å². The van der Waals surface area contributed by atoms with Crippen molar-refractivity contribution < 1.29 is 18.0 Å². The van der Waals surface area contributed by atoms with Crippen LogP contribution in [0.1, 0.15) is 38.8 Å². The van der Waals surface area contributed by atoms with Gasteiger partial charge < -0.3 is 9.47 Å². The van der Waals surface area contributed by atoms with Crippen LogP contribution in [0.2, 0.25) is 0 Å². The molecule has 0 radical (unpaired) electrons. The Bertz CT molecular complexity index is 1010. The molecular formula is C21H18F3N3O. The van der Waals surface area contributed by atoms with Gasteiger partial charge in [-0.25, -0.2) is 4.98 Å². The molecule has 1 aliphatic heterocycles. The normalized spacial score (nSPS) is 16.7. The molecule has 2 heterocycles. The number of carbonyl (C=O) groups is 1. The summed E-state index contributed by atoms with van der Waals surface area (Å²) in [5.74, 6) is -0.195. The van der Waals surface area contributed by atoms with Crippen molar-refractivity contribution >= 4 is 5.91 Å². The van der Waals surface area contributed by atoms with Gasteiger partial charge in [0.1, 0.15) is 5.69 Å². The number of halogens is 3. The maximum absolute atomic E-state index is 13.2. The number of nitrogens with zero attached hydrogens (tertiary/aromatic N) is 3. The minimum Gasteiger partial charge on any atom is -0.330 e. The Morgan fingerprint density at radius 1 is 1.11 bits per heavy atom. The molecule has 0 saturated carbocycles. The first-order valence-corrected chi connectivity index (χ1v) is 8.88. The Kier molecular flexibility index (Phi) is 4.45. The monoisotopic (exact) mass is 385 g/mol. The molecule has 2 aromatic carbocycles. The summed E-state index contributed by atoms with van der Waals surface area (Å²) in [5.41, 5.74) is 2.42. The van der Waals surface area contributed by atoms with Crippen molar-refractivity contribution in [2.24, 2.45) is 7.05 Å². The first-order valence-electron chi connectivity index (χ1n) is 8.88. The van der Waals surface area contributed by atoms with Crippen LogP contribution in [0.3, 0.4) is 0 Å². The number of imidazole rings is 1. The van der Waals surface area contributed by atoms with E-state index in [4.69, 9.17) is 0 Å². The molecular weight excluding hydrogens is 367 g/mol. The van der Waals surface area contributed by atoms with Gasteiger partial charge in [0.2, 0.25) is 0 Å². The number of hydrogen-bond donors (Lipinski definition) is 0. The summed E-state index contributed by atoms with van der Waals surface area (Å²) >= 11 is 0. The van der Waals surface area contributed by atoms with Crippen LogP contribution < -0.4 is 0 Å². The third-order valence-electron chi connectivity index (χ3n) is 5.13. The van der Waals surface area contributed by atoms with Gasteiger partial charge >= 0.3 is 6.18 Å². The van der Waals surface area contributed by atoms with Gasteiger partial charge in [-0.3, -0.25) is 4.79 Å². The Morgan fingerprint density at radius 3 is 2.46 bits per heavy atom. The summed E-state index contributed by atoms with van der Waals surface area (Å²) in [6, 6.07) is 12.3. The fourth-order valence-electron chi connectivity index (χ4n) is 3.71. The maximum atomic E-state index is 13.2. The zero-order valence-corrected chi connectivity index (χ0v) is 15.1. The zero-order valence-electron chi connectivity index (χ0n) is 15.1. The van der Waals surface area contributed by atoms with Crippen molar-refractivity contribution in [3.05, 3.63) is 89.0 Å². The van der Waals surface area contributed by atoms with Crippen LogP contribution in [-0.2, 0) is 19.6 Å². The van der Waals surface area contributed by atoms with Crippen LogP contribution in [0, 0.1) is 0 Å². The second-order valence-electron chi connectivity index (χ2n) is 6.86. The number of aryl methyl sites for hydroxylation is 1. The van der Waals surface area contributed by atoms with Crippen molar-refractivity contribution in [2.75, 3.05) is 6.54 Å². The number of aromatic nitrogens is 2. The molecule has 0 aliphatic carbocycles. The molecule has 0 saturated heterocycles. The number of fused-ring (bicyclic) bond motifs is 1. The maximum Gasteiger partial charge on any atom is 0.416 e. The summed E-state index contributed by atoms with van der Waals surface area (Å²) in [5, 5.41) is 0. The number of benzene rings is 2. The Hall–Kier alpha value is -3.09. The molecule has 0 fully saturated rings. The van der Waals surface area contributed by atoms with Gasteiger partial charge in [-0.2, -0.15) is 13.2 Å². The third kappa shape index (κ3) is 3.17. The van der Waals surface area contributed by atoms with Gasteiger partial charge in [-0.15, -0.1) is 0 Å². The lowest BCUT2D eigenvalue weighted by Gasteiger charge is -2.37. The highest BCUT2D eigenvalue weighted by atomic mass is 19.4. The van der Waals surface area contributed by atoms with Gasteiger partial charge in [0, 0.05) is 13.6 Å². The molecule has 3 aromatic rings. The highest BCUT2D eigenvalue weighted by molar-refractivity contribution is 5.93. The van der Waals surface area contributed by atoms with E-state index in [1.165, 1.54) is 18.3 Å². The Labute approximate surface area is 160 Å². The average Bonchev–Trinajstić information content (AvgIpc) is 3.12. The molecule has 4 nitrogen and oxygen atoms in total. The summed E-state index contributed by atoms with van der Waals surface area (Å²) < 4.78 is 40.5. The molecule has 0 N–H and O–H groups in total. The second-order valence-corrected chi connectivity index (χ2v) is 6.86. The van der Waals surface area contributed by atoms with Crippen LogP contribution in [0.25, 0.3) is 0 Å². The van der Waals surface area contributed by atoms with E-state index in [-0.39, 0.29) is 5.91 Å². The van der Waals surface area contributed by atoms with Gasteiger partial charge in [0.15, 0.2) is 0 Å². The Balaban J connectivity index is 1.79. The molecule has 1 amide bonds. The second kappa shape index (κ2) is 6.82. The summed E-state index contributed by atoms with van der Waals surface area (Å²) in [4.78, 5) is 18.9. The summed E-state index contributed by atoms with van der Waals surface area (Å²) in [7, 11) is 1.74. The fourth-order valence-corrected chi connectivity index (χ4v) is 3.71. The highest BCUT2D eigenvalue weighted by Crippen LogP contribution is 2.37. The number of amides is 1. The van der Waals surface area contributed by atoms with Crippen molar-refractivity contribution in [1.82, 2.24) is 14.5 Å². The molecule has 0 spiro atoms. The molecule has 4 rings (SSSR count). The van der Waals surface area contributed by atoms with Crippen molar-refractivity contribution in [3.8, 4) is 0 Å². The van der Waals surface area contributed by atoms with Crippen LogP contribution in [0.5, 0.6) is 0 Å². The standard InChI is InChI=1S/C21H18F3N3O/c1-26-13-25-12-18(26)20(28)27-11-10-14-4-2-3-5-17(14)19(27)15-6-8-16(9-7-15)21(22,23)24/h2-9,12-13,19H,10-11H2,1H3/t19-/m1/s1. The van der Waals surface area contributed by atoms with E-state index in [0.717, 1.165) is 23.3 Å². The SMILES string of the molecule is Cn1cncc1C(=O)N1CCc2ccccc2[C@H]1c1ccc(C(F)(F)F)cc1. The van der Waals surface area contributed by atoms with Crippen LogP contribution in [-0.4, -0.2) is 26.9 Å². The van der Waals surface area contributed by atoms with E-state index in [0.29, 0.717) is 24.2 Å². The number of hydrogen-bond acceptors (Lipinski definition) is 2. The third-order valence-corrected chi connectivity index (χ3v) is 5.13. The van der Waals surface area contributed by atoms with E-state index in [1.807, 2.05) is 24.3 Å². The Morgan fingerprint density at radius 2 is 1.82 bits per heavy atom. The van der Waals surface area contributed by atoms with Gasteiger partial charge in [0.25, 0.3) is 5.91 Å². The first kappa shape index (κ1) is 18.3. The first-order chi connectivity index (χ1) is 13.4. The van der Waals surface area contributed by atoms with E-state index in [1.54, 1.807) is 22.8 Å². The molecule has 0 unspecified atom stereocenters. The number of rotatable bonds is 2. The van der Waals surface area contributed by atoms with E-state index < -0.39 is 17.8 Å². The molecule has 0 bridgehead atoms. The quantitative estimate of drug-likeness (QED) is 0.662. The molecule has 7 heteroatoms. The molecule has 1 atom stereocenters. The predicted octanol–water partition coefficient (Wildman–Crippen LogP) is 4.23. The van der Waals surface area contributed by atoms with E-state index in [9.17, 15) is 18.0 Å². The summed E-state index contributed by atoms with van der Waals surface area (Å²) in [6.45, 7) is 0.479. The number of carbonyl (C=O) groups excluding carboxylic acids is 1. The van der Waals surface area contributed by atoms with E-state index in [2.05, 4.69) is 4.98 Å². The topological polar surface area (TPSA) is 38.1 Å². The van der Waals surface area contributed by atoms with Gasteiger partial charge in [-0.1, -0.05) is 36.4 Å². The minimum absolute atomic E-state index is 0.195. The lowest BCUT2D eigenvalue weighted by Crippen LogP contribution is -2.41. The molecule has 28 heavy (non-hydrogen) atoms. The molecule has 1 aliphatic rings. The highest BCUT2D eigenvalue weighted by Gasteiger charge is 2.35. The van der Waals surface area contributed by atoms with Gasteiger partial charge in [0.05, 0.1) is 24.1 Å². The fraction of sp³-hybridized carbons (Fsp3) is 0.238. The predicted molar refractivity (Wildman–Crippen MR) is 97.7 cm³/mol. The van der Waals surface area contributed by atoms with Crippen LogP contribution >= 0.6 is 0 Å². The van der Waals surface area contributed by atoms with Crippen molar-refractivity contribution in [3.63, 3.8) is 0 Å².